The van der Waals surface area contributed by atoms with Crippen molar-refractivity contribution in [1.29, 1.82) is 0 Å². The molecule has 0 bridgehead atoms. The SMILES string of the molecule is CCOc1cccc(CNC2CCN(C)CC2C)c1OC. The van der Waals surface area contributed by atoms with E-state index in [2.05, 4.69) is 30.3 Å². The highest BCUT2D eigenvalue weighted by molar-refractivity contribution is 5.46. The maximum atomic E-state index is 5.64. The summed E-state index contributed by atoms with van der Waals surface area (Å²) in [5.74, 6) is 2.35. The maximum Gasteiger partial charge on any atom is 0.165 e. The number of nitrogens with zero attached hydrogens (tertiary/aromatic N) is 1. The van der Waals surface area contributed by atoms with Crippen molar-refractivity contribution in [3.8, 4) is 11.5 Å². The molecule has 4 nitrogen and oxygen atoms in total. The molecule has 2 atom stereocenters. The minimum Gasteiger partial charge on any atom is -0.493 e. The van der Waals surface area contributed by atoms with Crippen LogP contribution in [0.5, 0.6) is 11.5 Å². The van der Waals surface area contributed by atoms with Gasteiger partial charge in [0.25, 0.3) is 0 Å². The van der Waals surface area contributed by atoms with Crippen molar-refractivity contribution in [1.82, 2.24) is 10.2 Å². The molecule has 0 saturated carbocycles. The Morgan fingerprint density at radius 3 is 2.86 bits per heavy atom. The van der Waals surface area contributed by atoms with E-state index in [9.17, 15) is 0 Å². The number of ether oxygens (including phenoxy) is 2. The minimum atomic E-state index is 0.571. The maximum absolute atomic E-state index is 5.64. The number of hydrogen-bond donors (Lipinski definition) is 1. The number of likely N-dealkylation sites (tertiary alicyclic amines) is 1. The average molecular weight is 292 g/mol. The quantitative estimate of drug-likeness (QED) is 0.873. The van der Waals surface area contributed by atoms with Crippen LogP contribution < -0.4 is 14.8 Å². The van der Waals surface area contributed by atoms with Crippen LogP contribution in [-0.2, 0) is 6.54 Å². The van der Waals surface area contributed by atoms with E-state index in [4.69, 9.17) is 9.47 Å². The van der Waals surface area contributed by atoms with Gasteiger partial charge in [0.1, 0.15) is 0 Å². The summed E-state index contributed by atoms with van der Waals surface area (Å²) in [4.78, 5) is 2.40. The number of nitrogens with one attached hydrogen (secondary N) is 1. The highest BCUT2D eigenvalue weighted by Crippen LogP contribution is 2.31. The molecule has 1 heterocycles. The molecule has 1 aromatic rings. The van der Waals surface area contributed by atoms with E-state index in [1.165, 1.54) is 6.42 Å². The molecule has 1 aliphatic heterocycles. The molecule has 0 radical (unpaired) electrons. The zero-order valence-corrected chi connectivity index (χ0v) is 13.7. The number of hydrogen-bond acceptors (Lipinski definition) is 4. The number of piperidine rings is 1. The van der Waals surface area contributed by atoms with Gasteiger partial charge in [0.15, 0.2) is 11.5 Å². The normalized spacial score (nSPS) is 23.0. The molecule has 1 N–H and O–H groups in total. The lowest BCUT2D eigenvalue weighted by molar-refractivity contribution is 0.174. The van der Waals surface area contributed by atoms with E-state index in [0.29, 0.717) is 18.6 Å². The second-order valence-electron chi connectivity index (χ2n) is 5.90. The van der Waals surface area contributed by atoms with Crippen LogP contribution >= 0.6 is 0 Å². The summed E-state index contributed by atoms with van der Waals surface area (Å²) in [6.07, 6.45) is 1.20. The topological polar surface area (TPSA) is 33.7 Å². The first kappa shape index (κ1) is 16.1. The third-order valence-electron chi connectivity index (χ3n) is 4.23. The average Bonchev–Trinajstić information content (AvgIpc) is 2.47. The van der Waals surface area contributed by atoms with Crippen molar-refractivity contribution in [2.45, 2.75) is 32.9 Å². The van der Waals surface area contributed by atoms with Gasteiger partial charge in [-0.05, 0) is 38.9 Å². The smallest absolute Gasteiger partial charge is 0.165 e. The first-order valence-electron chi connectivity index (χ1n) is 7.86. The molecule has 118 valence electrons. The van der Waals surface area contributed by atoms with E-state index >= 15 is 0 Å². The Labute approximate surface area is 128 Å². The lowest BCUT2D eigenvalue weighted by Crippen LogP contribution is -2.46. The second kappa shape index (κ2) is 7.66. The van der Waals surface area contributed by atoms with Crippen molar-refractivity contribution in [2.24, 2.45) is 5.92 Å². The van der Waals surface area contributed by atoms with E-state index in [1.807, 2.05) is 19.1 Å². The predicted molar refractivity (Wildman–Crippen MR) is 86.1 cm³/mol. The Hall–Kier alpha value is -1.26. The summed E-state index contributed by atoms with van der Waals surface area (Å²) in [5.41, 5.74) is 1.16. The van der Waals surface area contributed by atoms with Gasteiger partial charge >= 0.3 is 0 Å². The first-order chi connectivity index (χ1) is 10.2. The Bertz CT molecular complexity index is 450. The van der Waals surface area contributed by atoms with Crippen LogP contribution in [0.25, 0.3) is 0 Å². The fourth-order valence-corrected chi connectivity index (χ4v) is 3.10. The van der Waals surface area contributed by atoms with Gasteiger partial charge < -0.3 is 19.7 Å². The molecular formula is C17H28N2O2. The van der Waals surface area contributed by atoms with Gasteiger partial charge in [0, 0.05) is 24.7 Å². The summed E-state index contributed by atoms with van der Waals surface area (Å²) in [7, 11) is 3.90. The monoisotopic (exact) mass is 292 g/mol. The van der Waals surface area contributed by atoms with E-state index in [-0.39, 0.29) is 0 Å². The zero-order chi connectivity index (χ0) is 15.2. The summed E-state index contributed by atoms with van der Waals surface area (Å²) < 4.78 is 11.2. The second-order valence-corrected chi connectivity index (χ2v) is 5.90. The Balaban J connectivity index is 2.01. The Morgan fingerprint density at radius 1 is 1.38 bits per heavy atom. The Morgan fingerprint density at radius 2 is 2.19 bits per heavy atom. The minimum absolute atomic E-state index is 0.571. The third kappa shape index (κ3) is 4.11. The van der Waals surface area contributed by atoms with Gasteiger partial charge in [-0.15, -0.1) is 0 Å². The third-order valence-corrected chi connectivity index (χ3v) is 4.23. The van der Waals surface area contributed by atoms with Crippen LogP contribution in [0, 0.1) is 5.92 Å². The number of rotatable bonds is 6. The van der Waals surface area contributed by atoms with Crippen molar-refractivity contribution in [3.05, 3.63) is 23.8 Å². The Kier molecular flexibility index (Phi) is 5.88. The fraction of sp³-hybridized carbons (Fsp3) is 0.647. The van der Waals surface area contributed by atoms with Crippen LogP contribution in [0.15, 0.2) is 18.2 Å². The zero-order valence-electron chi connectivity index (χ0n) is 13.7. The van der Waals surface area contributed by atoms with Gasteiger partial charge in [-0.3, -0.25) is 0 Å². The number of para-hydroxylation sites is 1. The first-order valence-corrected chi connectivity index (χ1v) is 7.86. The molecular weight excluding hydrogens is 264 g/mol. The van der Waals surface area contributed by atoms with Crippen LogP contribution in [0.4, 0.5) is 0 Å². The van der Waals surface area contributed by atoms with Crippen molar-refractivity contribution in [2.75, 3.05) is 33.9 Å². The summed E-state index contributed by atoms with van der Waals surface area (Å²) >= 11 is 0. The molecule has 0 spiro atoms. The number of benzene rings is 1. The highest BCUT2D eigenvalue weighted by Gasteiger charge is 2.24. The van der Waals surface area contributed by atoms with E-state index in [0.717, 1.165) is 36.7 Å². The van der Waals surface area contributed by atoms with Gasteiger partial charge in [-0.25, -0.2) is 0 Å². The van der Waals surface area contributed by atoms with Gasteiger partial charge in [0.2, 0.25) is 0 Å². The lowest BCUT2D eigenvalue weighted by atomic mass is 9.94. The van der Waals surface area contributed by atoms with E-state index < -0.39 is 0 Å². The number of methoxy groups -OCH3 is 1. The van der Waals surface area contributed by atoms with Crippen LogP contribution in [0.3, 0.4) is 0 Å². The molecule has 1 aromatic carbocycles. The molecule has 0 amide bonds. The highest BCUT2D eigenvalue weighted by atomic mass is 16.5. The van der Waals surface area contributed by atoms with E-state index in [1.54, 1.807) is 7.11 Å². The predicted octanol–water partition coefficient (Wildman–Crippen LogP) is 2.52. The fourth-order valence-electron chi connectivity index (χ4n) is 3.10. The molecule has 0 aliphatic carbocycles. The molecule has 1 saturated heterocycles. The molecule has 1 aliphatic rings. The summed E-state index contributed by atoms with van der Waals surface area (Å²) in [5, 5.41) is 3.69. The molecule has 2 rings (SSSR count). The van der Waals surface area contributed by atoms with Gasteiger partial charge in [0.05, 0.1) is 13.7 Å². The van der Waals surface area contributed by atoms with Crippen molar-refractivity contribution >= 4 is 0 Å². The molecule has 4 heteroatoms. The largest absolute Gasteiger partial charge is 0.493 e. The molecule has 0 aromatic heterocycles. The van der Waals surface area contributed by atoms with Crippen LogP contribution in [0.2, 0.25) is 0 Å². The van der Waals surface area contributed by atoms with Gasteiger partial charge in [-0.2, -0.15) is 0 Å². The van der Waals surface area contributed by atoms with Gasteiger partial charge in [-0.1, -0.05) is 19.1 Å². The lowest BCUT2D eigenvalue weighted by Gasteiger charge is -2.35. The molecule has 21 heavy (non-hydrogen) atoms. The van der Waals surface area contributed by atoms with Crippen molar-refractivity contribution < 1.29 is 9.47 Å². The summed E-state index contributed by atoms with van der Waals surface area (Å²) in [6.45, 7) is 8.11. The van der Waals surface area contributed by atoms with Crippen LogP contribution in [-0.4, -0.2) is 44.8 Å². The van der Waals surface area contributed by atoms with Crippen molar-refractivity contribution in [3.63, 3.8) is 0 Å². The summed E-state index contributed by atoms with van der Waals surface area (Å²) in [6, 6.07) is 6.67. The molecule has 2 unspecified atom stereocenters. The molecule has 1 fully saturated rings. The standard InChI is InChI=1S/C17H28N2O2/c1-5-21-16-8-6-7-14(17(16)20-4)11-18-15-9-10-19(3)12-13(15)2/h6-8,13,15,18H,5,9-12H2,1-4H3. The van der Waals surface area contributed by atoms with Crippen LogP contribution in [0.1, 0.15) is 25.8 Å².